The van der Waals surface area contributed by atoms with E-state index in [4.69, 9.17) is 21.3 Å². The second-order valence-electron chi connectivity index (χ2n) is 7.14. The summed E-state index contributed by atoms with van der Waals surface area (Å²) < 4.78 is 7.36. The van der Waals surface area contributed by atoms with Gasteiger partial charge in [0.15, 0.2) is 0 Å². The van der Waals surface area contributed by atoms with Crippen LogP contribution in [-0.2, 0) is 6.54 Å². The summed E-state index contributed by atoms with van der Waals surface area (Å²) in [5.74, 6) is 1.62. The highest BCUT2D eigenvalue weighted by Crippen LogP contribution is 2.39. The van der Waals surface area contributed by atoms with Crippen LogP contribution in [0.25, 0.3) is 44.1 Å². The lowest BCUT2D eigenvalue weighted by Gasteiger charge is -2.04. The number of aliphatic hydroxyl groups excluding tert-OH is 1. The Hall–Kier alpha value is -3.06. The number of nitrogens with one attached hydrogen (secondary N) is 1. The highest BCUT2D eigenvalue weighted by Gasteiger charge is 2.20. The fraction of sp³-hybridized carbons (Fsp3) is 0.125. The molecular weight excluding hydrogens is 430 g/mol. The van der Waals surface area contributed by atoms with Crippen molar-refractivity contribution in [2.45, 2.75) is 6.54 Å². The molecule has 7 heteroatoms. The van der Waals surface area contributed by atoms with Crippen LogP contribution in [-0.4, -0.2) is 33.4 Å². The summed E-state index contributed by atoms with van der Waals surface area (Å²) in [5.41, 5.74) is 4.76. The average molecular weight is 450 g/mol. The van der Waals surface area contributed by atoms with Gasteiger partial charge in [0.05, 0.1) is 30.0 Å². The van der Waals surface area contributed by atoms with E-state index in [0.717, 1.165) is 49.9 Å². The van der Waals surface area contributed by atoms with Crippen LogP contribution in [0.15, 0.2) is 66.2 Å². The van der Waals surface area contributed by atoms with Gasteiger partial charge in [-0.1, -0.05) is 17.7 Å². The molecule has 0 aliphatic heterocycles. The van der Waals surface area contributed by atoms with Crippen molar-refractivity contribution in [3.8, 4) is 39.0 Å². The van der Waals surface area contributed by atoms with Gasteiger partial charge in [-0.25, -0.2) is 4.98 Å². The Morgan fingerprint density at radius 2 is 2.00 bits per heavy atom. The van der Waals surface area contributed by atoms with Crippen LogP contribution in [0.2, 0.25) is 5.02 Å². The van der Waals surface area contributed by atoms with E-state index < -0.39 is 0 Å². The molecule has 5 rings (SSSR count). The fourth-order valence-electron chi connectivity index (χ4n) is 3.82. The molecule has 5 nitrogen and oxygen atoms in total. The molecule has 0 amide bonds. The number of methoxy groups -OCH3 is 1. The summed E-state index contributed by atoms with van der Waals surface area (Å²) >= 11 is 7.99. The second-order valence-corrected chi connectivity index (χ2v) is 8.52. The summed E-state index contributed by atoms with van der Waals surface area (Å²) in [6.45, 7) is 0.558. The number of aliphatic hydroxyl groups is 1. The maximum atomic E-state index is 9.55. The van der Waals surface area contributed by atoms with E-state index in [-0.39, 0.29) is 6.61 Å². The average Bonchev–Trinajstić information content (AvgIpc) is 3.53. The summed E-state index contributed by atoms with van der Waals surface area (Å²) in [6, 6.07) is 17.8. The lowest BCUT2D eigenvalue weighted by molar-refractivity contribution is 0.278. The van der Waals surface area contributed by atoms with E-state index >= 15 is 0 Å². The number of thiophene rings is 1. The summed E-state index contributed by atoms with van der Waals surface area (Å²) in [4.78, 5) is 9.57. The molecule has 3 heterocycles. The van der Waals surface area contributed by atoms with Gasteiger partial charge in [-0.15, -0.1) is 11.3 Å². The van der Waals surface area contributed by atoms with Gasteiger partial charge in [0, 0.05) is 39.8 Å². The minimum absolute atomic E-state index is 0.0562. The lowest BCUT2D eigenvalue weighted by atomic mass is 10.0. The summed E-state index contributed by atoms with van der Waals surface area (Å²) in [6.07, 6.45) is 2.05. The predicted molar refractivity (Wildman–Crippen MR) is 127 cm³/mol. The Morgan fingerprint density at radius 1 is 1.16 bits per heavy atom. The minimum Gasteiger partial charge on any atom is -0.497 e. The fourth-order valence-corrected chi connectivity index (χ4v) is 4.66. The number of aromatic amines is 1. The quantitative estimate of drug-likeness (QED) is 0.330. The number of halogens is 1. The van der Waals surface area contributed by atoms with Gasteiger partial charge in [0.2, 0.25) is 0 Å². The molecule has 0 fully saturated rings. The molecule has 31 heavy (non-hydrogen) atoms. The Morgan fingerprint density at radius 3 is 2.71 bits per heavy atom. The number of H-pyrrole nitrogens is 1. The van der Waals surface area contributed by atoms with Crippen molar-refractivity contribution in [3.63, 3.8) is 0 Å². The van der Waals surface area contributed by atoms with Crippen molar-refractivity contribution in [1.82, 2.24) is 14.5 Å². The Bertz CT molecular complexity index is 1340. The first-order chi connectivity index (χ1) is 15.2. The molecule has 0 spiro atoms. The van der Waals surface area contributed by atoms with E-state index in [1.807, 2.05) is 58.5 Å². The van der Waals surface area contributed by atoms with E-state index in [2.05, 4.69) is 17.2 Å². The number of aromatic nitrogens is 3. The Labute approximate surface area is 188 Å². The normalized spacial score (nSPS) is 11.3. The van der Waals surface area contributed by atoms with Gasteiger partial charge in [0.25, 0.3) is 0 Å². The first-order valence-electron chi connectivity index (χ1n) is 9.86. The van der Waals surface area contributed by atoms with Crippen molar-refractivity contribution >= 4 is 33.8 Å². The predicted octanol–water partition coefficient (Wildman–Crippen LogP) is 6.08. The summed E-state index contributed by atoms with van der Waals surface area (Å²) in [7, 11) is 1.66. The van der Waals surface area contributed by atoms with Gasteiger partial charge in [-0.3, -0.25) is 0 Å². The zero-order valence-corrected chi connectivity index (χ0v) is 18.4. The molecule has 3 aromatic heterocycles. The minimum atomic E-state index is 0.0562. The molecule has 2 aromatic carbocycles. The third-order valence-electron chi connectivity index (χ3n) is 5.28. The zero-order valence-electron chi connectivity index (χ0n) is 16.8. The van der Waals surface area contributed by atoms with Gasteiger partial charge >= 0.3 is 0 Å². The molecular formula is C24H20ClN3O2S. The second kappa shape index (κ2) is 8.23. The molecule has 0 aliphatic carbocycles. The van der Waals surface area contributed by atoms with Crippen molar-refractivity contribution < 1.29 is 9.84 Å². The van der Waals surface area contributed by atoms with Gasteiger partial charge < -0.3 is 19.4 Å². The molecule has 0 atom stereocenters. The number of rotatable bonds is 6. The SMILES string of the molecule is COc1ccc(-c2nc(-c3cccs3)[nH]c2-c2cn(CCO)c3ccc(Cl)cc23)cc1. The van der Waals surface area contributed by atoms with E-state index in [1.165, 1.54) is 0 Å². The molecule has 5 aromatic rings. The molecule has 0 aliphatic rings. The molecule has 0 radical (unpaired) electrons. The number of hydrogen-bond acceptors (Lipinski definition) is 4. The first-order valence-corrected chi connectivity index (χ1v) is 11.1. The number of ether oxygens (including phenoxy) is 1. The number of nitrogens with zero attached hydrogens (tertiary/aromatic N) is 2. The Balaban J connectivity index is 1.75. The zero-order chi connectivity index (χ0) is 21.4. The maximum Gasteiger partial charge on any atom is 0.148 e. The van der Waals surface area contributed by atoms with Crippen LogP contribution >= 0.6 is 22.9 Å². The third kappa shape index (κ3) is 3.63. The number of benzene rings is 2. The van der Waals surface area contributed by atoms with Gasteiger partial charge in [-0.2, -0.15) is 0 Å². The molecule has 156 valence electrons. The van der Waals surface area contributed by atoms with Crippen LogP contribution < -0.4 is 4.74 Å². The maximum absolute atomic E-state index is 9.55. The first kappa shape index (κ1) is 19.9. The molecule has 2 N–H and O–H groups in total. The molecule has 0 unspecified atom stereocenters. The Kier molecular flexibility index (Phi) is 5.28. The number of imidazole rings is 1. The smallest absolute Gasteiger partial charge is 0.148 e. The van der Waals surface area contributed by atoms with Crippen LogP contribution in [0.4, 0.5) is 0 Å². The van der Waals surface area contributed by atoms with Crippen molar-refractivity contribution in [3.05, 3.63) is 71.2 Å². The lowest BCUT2D eigenvalue weighted by Crippen LogP contribution is -1.99. The van der Waals surface area contributed by atoms with Gasteiger partial charge in [0.1, 0.15) is 11.6 Å². The number of hydrogen-bond donors (Lipinski definition) is 2. The molecule has 0 saturated heterocycles. The number of fused-ring (bicyclic) bond motifs is 1. The standard InChI is InChI=1S/C24H20ClN3O2S/c1-30-17-7-4-15(5-8-17)22-23(27-24(26-22)21-3-2-12-31-21)19-14-28(10-11-29)20-9-6-16(25)13-18(19)20/h2-9,12-14,29H,10-11H2,1H3,(H,26,27). The highest BCUT2D eigenvalue weighted by atomic mass is 35.5. The van der Waals surface area contributed by atoms with Crippen LogP contribution in [0.5, 0.6) is 5.75 Å². The van der Waals surface area contributed by atoms with E-state index in [0.29, 0.717) is 11.6 Å². The summed E-state index contributed by atoms with van der Waals surface area (Å²) in [5, 5.41) is 13.3. The van der Waals surface area contributed by atoms with Crippen LogP contribution in [0, 0.1) is 0 Å². The third-order valence-corrected chi connectivity index (χ3v) is 6.39. The topological polar surface area (TPSA) is 63.1 Å². The molecule has 0 bridgehead atoms. The largest absolute Gasteiger partial charge is 0.497 e. The van der Waals surface area contributed by atoms with E-state index in [9.17, 15) is 5.11 Å². The van der Waals surface area contributed by atoms with Crippen molar-refractivity contribution in [2.24, 2.45) is 0 Å². The monoisotopic (exact) mass is 449 g/mol. The highest BCUT2D eigenvalue weighted by molar-refractivity contribution is 7.13. The van der Waals surface area contributed by atoms with Crippen LogP contribution in [0.1, 0.15) is 0 Å². The van der Waals surface area contributed by atoms with E-state index in [1.54, 1.807) is 18.4 Å². The van der Waals surface area contributed by atoms with Gasteiger partial charge in [-0.05, 0) is 53.9 Å². The molecule has 0 saturated carbocycles. The van der Waals surface area contributed by atoms with Crippen molar-refractivity contribution in [2.75, 3.05) is 13.7 Å². The van der Waals surface area contributed by atoms with Crippen LogP contribution in [0.3, 0.4) is 0 Å². The van der Waals surface area contributed by atoms with Crippen molar-refractivity contribution in [1.29, 1.82) is 0 Å².